The lowest BCUT2D eigenvalue weighted by atomic mass is 9.84. The number of nitrogens with zero attached hydrogens (tertiary/aromatic N) is 15. The zero-order valence-electron chi connectivity index (χ0n) is 60.3. The molecule has 6 heterocycles. The highest BCUT2D eigenvalue weighted by molar-refractivity contribution is 5.99. The predicted molar refractivity (Wildman–Crippen MR) is 399 cm³/mol. The van der Waals surface area contributed by atoms with Crippen molar-refractivity contribution in [1.82, 2.24) is 74.2 Å². The van der Waals surface area contributed by atoms with Crippen LogP contribution in [0.3, 0.4) is 0 Å². The van der Waals surface area contributed by atoms with E-state index in [0.29, 0.717) is 52.4 Å². The first-order valence-electron chi connectivity index (χ1n) is 34.0. The summed E-state index contributed by atoms with van der Waals surface area (Å²) in [5.41, 5.74) is 14.7. The minimum absolute atomic E-state index is 0.379. The first-order valence-corrected chi connectivity index (χ1v) is 34.0. The van der Waals surface area contributed by atoms with Crippen molar-refractivity contribution in [3.8, 4) is 118 Å². The molecule has 15 nitrogen and oxygen atoms in total. The molecule has 0 saturated carbocycles. The van der Waals surface area contributed by atoms with Gasteiger partial charge in [-0.1, -0.05) is 216 Å². The molecule has 0 aliphatic rings. The van der Waals surface area contributed by atoms with Gasteiger partial charge < -0.3 is 0 Å². The highest BCUT2D eigenvalue weighted by Crippen LogP contribution is 2.47. The summed E-state index contributed by atoms with van der Waals surface area (Å²) in [5.74, 6) is 6.06. The van der Waals surface area contributed by atoms with Crippen LogP contribution in [0, 0.1) is 0 Å². The van der Waals surface area contributed by atoms with Gasteiger partial charge in [0.05, 0.1) is 17.1 Å². The molecule has 0 aliphatic carbocycles. The van der Waals surface area contributed by atoms with Gasteiger partial charge in [0, 0.05) is 86.4 Å². The van der Waals surface area contributed by atoms with Crippen molar-refractivity contribution in [3.63, 3.8) is 0 Å². The SMILES string of the molecule is CC(C)(C)c1nc(-c2cc(-n3cccn3)ccc2-c2ccccc2-c2cc(-c3ccccc3-c3ccc(-n4cccn4)cc3-c3nc(C(C)(C)C)nc(C(C)(C)C)n3)cc(-c3ccccc3-c3ccc(-n4cccn4)cc3-c3nc(C(C)(C)C)nc(C(C)(C)C)n3)c2)nc(C(C)(C)C)n1. The minimum atomic E-state index is -0.379. The van der Waals surface area contributed by atoms with Crippen LogP contribution in [0.15, 0.2) is 201 Å². The molecule has 0 N–H and O–H groups in total. The summed E-state index contributed by atoms with van der Waals surface area (Å²) in [5, 5.41) is 14.1. The normalized spacial score (nSPS) is 12.5. The van der Waals surface area contributed by atoms with E-state index in [0.717, 1.165) is 101 Å². The standard InChI is InChI=1S/C84H87N15/c1-79(2,3)73-88-70(89-74(94-73)80(4,5)6)67-49-55(97-43-25-40-85-97)34-37-64(67)61-31-22-19-28-58(61)52-46-53(59-29-20-23-32-62(59)65-38-35-56(98-44-26-41-86-98)50-68(65)71-90-75(81(7,8)9)95-76(91-71)82(10,11)12)48-54(47-52)60-30-21-24-33-63(60)66-39-36-57(99-45-27-42-87-99)51-69(66)72-92-77(83(13,14)15)96-78(93-72)84(16,17)18/h19-51H,1-18H3. The van der Waals surface area contributed by atoms with Gasteiger partial charge >= 0.3 is 0 Å². The second-order valence-electron chi connectivity index (χ2n) is 31.9. The Hall–Kier alpha value is -10.8. The van der Waals surface area contributed by atoms with Gasteiger partial charge in [-0.05, 0) is 140 Å². The highest BCUT2D eigenvalue weighted by atomic mass is 15.3. The Labute approximate surface area is 582 Å². The largest absolute Gasteiger partial charge is 0.241 e. The molecule has 0 unspecified atom stereocenters. The number of hydrogen-bond donors (Lipinski definition) is 0. The maximum Gasteiger partial charge on any atom is 0.164 e. The first kappa shape index (κ1) is 66.8. The topological polar surface area (TPSA) is 169 Å². The summed E-state index contributed by atoms with van der Waals surface area (Å²) in [6.07, 6.45) is 11.3. The zero-order chi connectivity index (χ0) is 70.1. The van der Waals surface area contributed by atoms with Crippen LogP contribution in [-0.4, -0.2) is 74.2 Å². The van der Waals surface area contributed by atoms with E-state index in [1.165, 1.54) is 0 Å². The lowest BCUT2D eigenvalue weighted by Gasteiger charge is -2.24. The van der Waals surface area contributed by atoms with Crippen molar-refractivity contribution in [2.45, 2.75) is 157 Å². The molecule has 0 bridgehead atoms. The molecular weight excluding hydrogens is 1220 g/mol. The fourth-order valence-corrected chi connectivity index (χ4v) is 12.1. The lowest BCUT2D eigenvalue weighted by molar-refractivity contribution is 0.497. The Morgan fingerprint density at radius 3 is 0.626 bits per heavy atom. The van der Waals surface area contributed by atoms with Crippen molar-refractivity contribution in [2.24, 2.45) is 0 Å². The Morgan fingerprint density at radius 1 is 0.212 bits per heavy atom. The molecule has 13 rings (SSSR count). The van der Waals surface area contributed by atoms with E-state index in [2.05, 4.69) is 270 Å². The Kier molecular flexibility index (Phi) is 17.0. The second-order valence-corrected chi connectivity index (χ2v) is 31.9. The molecule has 99 heavy (non-hydrogen) atoms. The number of aromatic nitrogens is 15. The third-order valence-electron chi connectivity index (χ3n) is 17.5. The van der Waals surface area contributed by atoms with E-state index in [9.17, 15) is 0 Å². The van der Waals surface area contributed by atoms with Gasteiger partial charge in [0.25, 0.3) is 0 Å². The molecule has 0 atom stereocenters. The van der Waals surface area contributed by atoms with Gasteiger partial charge in [0.1, 0.15) is 34.9 Å². The third kappa shape index (κ3) is 13.8. The third-order valence-corrected chi connectivity index (χ3v) is 17.5. The van der Waals surface area contributed by atoms with Gasteiger partial charge in [-0.15, -0.1) is 0 Å². The molecular formula is C84H87N15. The van der Waals surface area contributed by atoms with Gasteiger partial charge in [-0.2, -0.15) is 15.3 Å². The monoisotopic (exact) mass is 1310 g/mol. The molecule has 0 fully saturated rings. The molecule has 13 aromatic rings. The molecule has 15 heteroatoms. The van der Waals surface area contributed by atoms with Crippen molar-refractivity contribution >= 4 is 0 Å². The van der Waals surface area contributed by atoms with Crippen molar-refractivity contribution in [2.75, 3.05) is 0 Å². The summed E-state index contributed by atoms with van der Waals surface area (Å²) >= 11 is 0. The summed E-state index contributed by atoms with van der Waals surface area (Å²) < 4.78 is 5.65. The predicted octanol–water partition coefficient (Wildman–Crippen LogP) is 19.6. The van der Waals surface area contributed by atoms with Crippen LogP contribution in [0.4, 0.5) is 0 Å². The Bertz CT molecular complexity index is 4520. The van der Waals surface area contributed by atoms with E-state index in [1.807, 2.05) is 50.8 Å². The van der Waals surface area contributed by atoms with Gasteiger partial charge in [0.15, 0.2) is 17.5 Å². The fourth-order valence-electron chi connectivity index (χ4n) is 12.1. The highest BCUT2D eigenvalue weighted by Gasteiger charge is 2.32. The minimum Gasteiger partial charge on any atom is -0.241 e. The van der Waals surface area contributed by atoms with Gasteiger partial charge in [-0.25, -0.2) is 58.9 Å². The molecule has 6 aromatic heterocycles. The lowest BCUT2D eigenvalue weighted by Crippen LogP contribution is -2.24. The molecule has 0 spiro atoms. The van der Waals surface area contributed by atoms with Crippen LogP contribution in [0.5, 0.6) is 0 Å². The van der Waals surface area contributed by atoms with E-state index >= 15 is 0 Å². The zero-order valence-corrected chi connectivity index (χ0v) is 60.3. The molecule has 0 radical (unpaired) electrons. The summed E-state index contributed by atoms with van der Waals surface area (Å²) in [4.78, 5) is 47.6. The number of hydrogen-bond acceptors (Lipinski definition) is 12. The van der Waals surface area contributed by atoms with E-state index in [4.69, 9.17) is 60.2 Å². The molecule has 0 aliphatic heterocycles. The molecule has 498 valence electrons. The first-order chi connectivity index (χ1) is 46.8. The van der Waals surface area contributed by atoms with Crippen molar-refractivity contribution in [3.05, 3.63) is 236 Å². The number of benzene rings is 7. The van der Waals surface area contributed by atoms with E-state index in [1.54, 1.807) is 18.6 Å². The summed E-state index contributed by atoms with van der Waals surface area (Å²) in [7, 11) is 0. The van der Waals surface area contributed by atoms with Crippen LogP contribution in [-0.2, 0) is 32.5 Å². The van der Waals surface area contributed by atoms with Crippen LogP contribution in [0.25, 0.3) is 118 Å². The van der Waals surface area contributed by atoms with Crippen LogP contribution in [0.2, 0.25) is 0 Å². The maximum atomic E-state index is 5.36. The van der Waals surface area contributed by atoms with Gasteiger partial charge in [0.2, 0.25) is 0 Å². The average Bonchev–Trinajstić information content (AvgIpc) is 0.960. The van der Waals surface area contributed by atoms with Gasteiger partial charge in [-0.3, -0.25) is 0 Å². The van der Waals surface area contributed by atoms with Crippen LogP contribution >= 0.6 is 0 Å². The summed E-state index contributed by atoms with van der Waals surface area (Å²) in [6.45, 7) is 38.8. The number of rotatable bonds is 12. The quantitative estimate of drug-likeness (QED) is 0.114. The Morgan fingerprint density at radius 2 is 0.424 bits per heavy atom. The van der Waals surface area contributed by atoms with E-state index in [-0.39, 0.29) is 32.5 Å². The maximum absolute atomic E-state index is 5.36. The van der Waals surface area contributed by atoms with E-state index < -0.39 is 0 Å². The fraction of sp³-hybridized carbons (Fsp3) is 0.286. The Balaban J connectivity index is 1.10. The van der Waals surface area contributed by atoms with Crippen molar-refractivity contribution in [1.29, 1.82) is 0 Å². The van der Waals surface area contributed by atoms with Crippen LogP contribution < -0.4 is 0 Å². The summed E-state index contributed by atoms with van der Waals surface area (Å²) in [6, 6.07) is 58.3. The second kappa shape index (κ2) is 25.2. The van der Waals surface area contributed by atoms with Crippen LogP contribution in [0.1, 0.15) is 160 Å². The molecule has 0 amide bonds. The van der Waals surface area contributed by atoms with Crippen molar-refractivity contribution < 1.29 is 0 Å². The molecule has 7 aromatic carbocycles. The molecule has 0 saturated heterocycles. The average molecular weight is 1310 g/mol. The smallest absolute Gasteiger partial charge is 0.164 e.